The molecular formula is C18H23N3O4S2. The van der Waals surface area contributed by atoms with Gasteiger partial charge in [0.25, 0.3) is 10.0 Å². The van der Waals surface area contributed by atoms with E-state index in [0.29, 0.717) is 11.3 Å². The predicted octanol–water partition coefficient (Wildman–Crippen LogP) is 2.12. The molecule has 7 nitrogen and oxygen atoms in total. The van der Waals surface area contributed by atoms with Crippen molar-refractivity contribution in [1.29, 1.82) is 0 Å². The topological polar surface area (TPSA) is 104 Å². The summed E-state index contributed by atoms with van der Waals surface area (Å²) in [7, 11) is -3.59. The molecule has 0 radical (unpaired) electrons. The van der Waals surface area contributed by atoms with Crippen LogP contribution in [0.5, 0.6) is 0 Å². The number of thiophene rings is 1. The highest BCUT2D eigenvalue weighted by molar-refractivity contribution is 7.94. The quantitative estimate of drug-likeness (QED) is 0.651. The van der Waals surface area contributed by atoms with E-state index in [1.165, 1.54) is 6.07 Å². The molecule has 1 heterocycles. The number of sulfonamides is 1. The van der Waals surface area contributed by atoms with Gasteiger partial charge >= 0.3 is 0 Å². The molecule has 2 amide bonds. The van der Waals surface area contributed by atoms with Crippen LogP contribution in [0.2, 0.25) is 0 Å². The average molecular weight is 410 g/mol. The molecule has 1 aromatic carbocycles. The molecule has 0 unspecified atom stereocenters. The molecule has 0 atom stereocenters. The van der Waals surface area contributed by atoms with Crippen LogP contribution in [-0.4, -0.2) is 32.3 Å². The molecule has 0 aliphatic heterocycles. The van der Waals surface area contributed by atoms with Crippen LogP contribution in [0.1, 0.15) is 26.3 Å². The predicted molar refractivity (Wildman–Crippen MR) is 106 cm³/mol. The number of nitrogens with one attached hydrogen (secondary N) is 3. The lowest BCUT2D eigenvalue weighted by molar-refractivity contribution is -0.126. The maximum absolute atomic E-state index is 12.2. The van der Waals surface area contributed by atoms with Crippen LogP contribution < -0.4 is 15.4 Å². The lowest BCUT2D eigenvalue weighted by atomic mass is 10.1. The highest BCUT2D eigenvalue weighted by Crippen LogP contribution is 2.20. The molecule has 0 aliphatic rings. The summed E-state index contributed by atoms with van der Waals surface area (Å²) in [4.78, 5) is 23.7. The molecule has 0 aliphatic carbocycles. The fraction of sp³-hybridized carbons (Fsp3) is 0.333. The summed E-state index contributed by atoms with van der Waals surface area (Å²) in [6.45, 7) is 5.50. The molecule has 0 saturated carbocycles. The van der Waals surface area contributed by atoms with Crippen molar-refractivity contribution in [1.82, 2.24) is 10.6 Å². The smallest absolute Gasteiger partial charge is 0.271 e. The number of anilines is 1. The molecule has 9 heteroatoms. The van der Waals surface area contributed by atoms with Crippen molar-refractivity contribution in [3.8, 4) is 0 Å². The van der Waals surface area contributed by atoms with Crippen LogP contribution in [0.4, 0.5) is 5.69 Å². The zero-order chi connectivity index (χ0) is 20.1. The molecule has 0 fully saturated rings. The van der Waals surface area contributed by atoms with Crippen molar-refractivity contribution in [2.45, 2.75) is 36.9 Å². The van der Waals surface area contributed by atoms with Crippen molar-refractivity contribution in [2.24, 2.45) is 0 Å². The second-order valence-corrected chi connectivity index (χ2v) is 9.84. The Morgan fingerprint density at radius 1 is 1.04 bits per heavy atom. The first-order chi connectivity index (χ1) is 12.5. The molecule has 27 heavy (non-hydrogen) atoms. The summed E-state index contributed by atoms with van der Waals surface area (Å²) < 4.78 is 27.1. The summed E-state index contributed by atoms with van der Waals surface area (Å²) in [5.41, 5.74) is 0.772. The van der Waals surface area contributed by atoms with Gasteiger partial charge < -0.3 is 10.6 Å². The fourth-order valence-electron chi connectivity index (χ4n) is 2.20. The second kappa shape index (κ2) is 8.53. The Hall–Kier alpha value is -2.39. The number of benzene rings is 1. The minimum Gasteiger partial charge on any atom is -0.350 e. The molecule has 0 bridgehead atoms. The SMILES string of the molecule is CC(C)(C)NC(=O)CNC(=O)Cc1ccc(NS(=O)(=O)c2cccs2)cc1. The summed E-state index contributed by atoms with van der Waals surface area (Å²) >= 11 is 1.14. The largest absolute Gasteiger partial charge is 0.350 e. The Kier molecular flexibility index (Phi) is 6.61. The van der Waals surface area contributed by atoms with Gasteiger partial charge in [0.2, 0.25) is 11.8 Å². The molecule has 0 spiro atoms. The third kappa shape index (κ3) is 7.03. The van der Waals surface area contributed by atoms with Crippen molar-refractivity contribution in [2.75, 3.05) is 11.3 Å². The lowest BCUT2D eigenvalue weighted by Crippen LogP contribution is -2.46. The van der Waals surface area contributed by atoms with E-state index in [0.717, 1.165) is 11.3 Å². The molecular weight excluding hydrogens is 386 g/mol. The number of amides is 2. The first-order valence-corrected chi connectivity index (χ1v) is 10.6. The fourth-order valence-corrected chi connectivity index (χ4v) is 4.25. The van der Waals surface area contributed by atoms with Gasteiger partial charge in [-0.1, -0.05) is 18.2 Å². The van der Waals surface area contributed by atoms with Gasteiger partial charge in [0.15, 0.2) is 0 Å². The zero-order valence-corrected chi connectivity index (χ0v) is 17.0. The lowest BCUT2D eigenvalue weighted by Gasteiger charge is -2.20. The van der Waals surface area contributed by atoms with E-state index < -0.39 is 10.0 Å². The summed E-state index contributed by atoms with van der Waals surface area (Å²) in [5, 5.41) is 7.02. The summed E-state index contributed by atoms with van der Waals surface area (Å²) in [6.07, 6.45) is 0.0980. The highest BCUT2D eigenvalue weighted by Gasteiger charge is 2.16. The molecule has 2 rings (SSSR count). The Balaban J connectivity index is 1.86. The maximum atomic E-state index is 12.2. The van der Waals surface area contributed by atoms with E-state index >= 15 is 0 Å². The van der Waals surface area contributed by atoms with Crippen molar-refractivity contribution in [3.63, 3.8) is 0 Å². The van der Waals surface area contributed by atoms with Gasteiger partial charge in [-0.15, -0.1) is 11.3 Å². The molecule has 0 saturated heterocycles. The van der Waals surface area contributed by atoms with Gasteiger partial charge in [0, 0.05) is 11.2 Å². The Bertz CT molecular complexity index is 884. The first kappa shape index (κ1) is 20.9. The number of carbonyl (C=O) groups excluding carboxylic acids is 2. The monoisotopic (exact) mass is 409 g/mol. The second-order valence-electron chi connectivity index (χ2n) is 6.99. The van der Waals surface area contributed by atoms with Crippen LogP contribution in [0.25, 0.3) is 0 Å². The summed E-state index contributed by atoms with van der Waals surface area (Å²) in [5.74, 6) is -0.542. The van der Waals surface area contributed by atoms with E-state index in [9.17, 15) is 18.0 Å². The Labute approximate surface area is 163 Å². The van der Waals surface area contributed by atoms with Gasteiger partial charge in [-0.2, -0.15) is 0 Å². The Morgan fingerprint density at radius 3 is 2.26 bits per heavy atom. The van der Waals surface area contributed by atoms with E-state index in [1.807, 2.05) is 20.8 Å². The number of rotatable bonds is 7. The molecule has 3 N–H and O–H groups in total. The van der Waals surface area contributed by atoms with Crippen molar-refractivity contribution in [3.05, 3.63) is 47.3 Å². The van der Waals surface area contributed by atoms with Gasteiger partial charge in [-0.25, -0.2) is 8.42 Å². The third-order valence-corrected chi connectivity index (χ3v) is 6.07. The standard InChI is InChI=1S/C18H23N3O4S2/c1-18(2,3)20-16(23)12-19-15(22)11-13-6-8-14(9-7-13)21-27(24,25)17-5-4-10-26-17/h4-10,21H,11-12H2,1-3H3,(H,19,22)(H,20,23). The van der Waals surface area contributed by atoms with Gasteiger partial charge in [0.05, 0.1) is 13.0 Å². The van der Waals surface area contributed by atoms with Gasteiger partial charge in [0.1, 0.15) is 4.21 Å². The van der Waals surface area contributed by atoms with Gasteiger partial charge in [-0.3, -0.25) is 14.3 Å². The highest BCUT2D eigenvalue weighted by atomic mass is 32.2. The van der Waals surface area contributed by atoms with Crippen molar-refractivity contribution < 1.29 is 18.0 Å². The number of carbonyl (C=O) groups is 2. The van der Waals surface area contributed by atoms with Gasteiger partial charge in [-0.05, 0) is 49.9 Å². The van der Waals surface area contributed by atoms with Crippen LogP contribution in [0.15, 0.2) is 46.0 Å². The summed E-state index contributed by atoms with van der Waals surface area (Å²) in [6, 6.07) is 9.73. The maximum Gasteiger partial charge on any atom is 0.271 e. The Morgan fingerprint density at radius 2 is 1.70 bits per heavy atom. The first-order valence-electron chi connectivity index (χ1n) is 8.28. The number of hydrogen-bond acceptors (Lipinski definition) is 5. The molecule has 1 aromatic heterocycles. The zero-order valence-electron chi connectivity index (χ0n) is 15.4. The van der Waals surface area contributed by atoms with Crippen LogP contribution in [0.3, 0.4) is 0 Å². The minimum absolute atomic E-state index is 0.0885. The molecule has 146 valence electrons. The van der Waals surface area contributed by atoms with E-state index in [-0.39, 0.29) is 34.5 Å². The van der Waals surface area contributed by atoms with Crippen LogP contribution in [0, 0.1) is 0 Å². The van der Waals surface area contributed by atoms with Crippen molar-refractivity contribution >= 4 is 38.9 Å². The van der Waals surface area contributed by atoms with E-state index in [4.69, 9.17) is 0 Å². The van der Waals surface area contributed by atoms with E-state index in [2.05, 4.69) is 15.4 Å². The van der Waals surface area contributed by atoms with Crippen LogP contribution >= 0.6 is 11.3 Å². The minimum atomic E-state index is -3.59. The number of hydrogen-bond donors (Lipinski definition) is 3. The van der Waals surface area contributed by atoms with Crippen LogP contribution in [-0.2, 0) is 26.0 Å². The van der Waals surface area contributed by atoms with E-state index in [1.54, 1.807) is 35.7 Å². The third-order valence-electron chi connectivity index (χ3n) is 3.29. The normalized spacial score (nSPS) is 11.7. The molecule has 2 aromatic rings. The average Bonchev–Trinajstić information content (AvgIpc) is 3.08.